The van der Waals surface area contributed by atoms with E-state index in [-0.39, 0.29) is 11.4 Å². The van der Waals surface area contributed by atoms with Crippen molar-refractivity contribution in [2.75, 3.05) is 0 Å². The SMILES string of the molecule is NNC(=Nc1ccccc1)c1ccccc1C(F)(F)F. The molecule has 0 aliphatic heterocycles. The molecule has 2 aromatic carbocycles. The maximum absolute atomic E-state index is 13.0. The molecule has 2 aromatic rings. The van der Waals surface area contributed by atoms with Crippen molar-refractivity contribution in [2.24, 2.45) is 10.8 Å². The Morgan fingerprint density at radius 1 is 0.950 bits per heavy atom. The molecule has 6 heteroatoms. The van der Waals surface area contributed by atoms with Crippen molar-refractivity contribution in [3.05, 3.63) is 65.7 Å². The van der Waals surface area contributed by atoms with Gasteiger partial charge >= 0.3 is 6.18 Å². The molecule has 0 aliphatic rings. The molecule has 0 unspecified atom stereocenters. The van der Waals surface area contributed by atoms with Crippen LogP contribution in [0.5, 0.6) is 0 Å². The largest absolute Gasteiger partial charge is 0.417 e. The van der Waals surface area contributed by atoms with Gasteiger partial charge in [0.05, 0.1) is 11.3 Å². The van der Waals surface area contributed by atoms with Crippen LogP contribution < -0.4 is 11.3 Å². The molecule has 3 nitrogen and oxygen atoms in total. The van der Waals surface area contributed by atoms with E-state index in [2.05, 4.69) is 10.4 Å². The van der Waals surface area contributed by atoms with Crippen LogP contribution in [0, 0.1) is 0 Å². The van der Waals surface area contributed by atoms with E-state index in [4.69, 9.17) is 5.84 Å². The topological polar surface area (TPSA) is 50.4 Å². The van der Waals surface area contributed by atoms with Crippen LogP contribution >= 0.6 is 0 Å². The van der Waals surface area contributed by atoms with Crippen LogP contribution in [0.15, 0.2) is 59.6 Å². The summed E-state index contributed by atoms with van der Waals surface area (Å²) in [6, 6.07) is 13.8. The molecule has 0 aromatic heterocycles. The number of rotatable bonds is 2. The number of nitrogens with two attached hydrogens (primary N) is 1. The lowest BCUT2D eigenvalue weighted by Gasteiger charge is -2.14. The minimum Gasteiger partial charge on any atom is -0.308 e. The molecule has 0 fully saturated rings. The number of nitrogens with zero attached hydrogens (tertiary/aromatic N) is 1. The van der Waals surface area contributed by atoms with Crippen molar-refractivity contribution in [3.8, 4) is 0 Å². The van der Waals surface area contributed by atoms with Crippen molar-refractivity contribution >= 4 is 11.5 Å². The summed E-state index contributed by atoms with van der Waals surface area (Å²) in [6.07, 6.45) is -4.47. The van der Waals surface area contributed by atoms with Gasteiger partial charge in [-0.2, -0.15) is 13.2 Å². The lowest BCUT2D eigenvalue weighted by atomic mass is 10.1. The van der Waals surface area contributed by atoms with Crippen LogP contribution in [0.25, 0.3) is 0 Å². The van der Waals surface area contributed by atoms with E-state index in [0.29, 0.717) is 5.69 Å². The van der Waals surface area contributed by atoms with Crippen molar-refractivity contribution in [3.63, 3.8) is 0 Å². The summed E-state index contributed by atoms with van der Waals surface area (Å²) in [6.45, 7) is 0. The first-order valence-electron chi connectivity index (χ1n) is 5.79. The lowest BCUT2D eigenvalue weighted by Crippen LogP contribution is -2.32. The van der Waals surface area contributed by atoms with Crippen molar-refractivity contribution in [1.29, 1.82) is 0 Å². The van der Waals surface area contributed by atoms with E-state index >= 15 is 0 Å². The van der Waals surface area contributed by atoms with Crippen LogP contribution in [0.1, 0.15) is 11.1 Å². The molecule has 20 heavy (non-hydrogen) atoms. The fourth-order valence-electron chi connectivity index (χ4n) is 1.74. The van der Waals surface area contributed by atoms with Crippen molar-refractivity contribution in [2.45, 2.75) is 6.18 Å². The summed E-state index contributed by atoms with van der Waals surface area (Å²) in [4.78, 5) is 4.10. The van der Waals surface area contributed by atoms with Gasteiger partial charge in [0, 0.05) is 5.56 Å². The van der Waals surface area contributed by atoms with Gasteiger partial charge in [-0.1, -0.05) is 36.4 Å². The van der Waals surface area contributed by atoms with E-state index in [0.717, 1.165) is 6.07 Å². The summed E-state index contributed by atoms with van der Waals surface area (Å²) in [5.74, 6) is 5.28. The van der Waals surface area contributed by atoms with Gasteiger partial charge in [0.1, 0.15) is 5.84 Å². The number of benzene rings is 2. The molecule has 3 N–H and O–H groups in total. The molecule has 0 amide bonds. The van der Waals surface area contributed by atoms with Crippen LogP contribution in [-0.4, -0.2) is 5.84 Å². The highest BCUT2D eigenvalue weighted by atomic mass is 19.4. The van der Waals surface area contributed by atoms with E-state index < -0.39 is 11.7 Å². The van der Waals surface area contributed by atoms with Gasteiger partial charge in [0.2, 0.25) is 0 Å². The number of alkyl halides is 3. The number of hydrogen-bond donors (Lipinski definition) is 2. The molecule has 0 spiro atoms. The Hall–Kier alpha value is -2.34. The maximum Gasteiger partial charge on any atom is 0.417 e. The van der Waals surface area contributed by atoms with Gasteiger partial charge in [-0.3, -0.25) is 0 Å². The Bertz CT molecular complexity index is 607. The number of hydrazine groups is 1. The zero-order valence-electron chi connectivity index (χ0n) is 10.4. The van der Waals surface area contributed by atoms with Gasteiger partial charge in [0.25, 0.3) is 0 Å². The molecule has 0 heterocycles. The highest BCUT2D eigenvalue weighted by molar-refractivity contribution is 6.01. The Morgan fingerprint density at radius 3 is 2.15 bits per heavy atom. The average molecular weight is 279 g/mol. The number of hydrogen-bond acceptors (Lipinski definition) is 2. The average Bonchev–Trinajstić information content (AvgIpc) is 2.45. The van der Waals surface area contributed by atoms with E-state index in [1.807, 2.05) is 0 Å². The second-order valence-corrected chi connectivity index (χ2v) is 3.98. The molecular formula is C14H12F3N3. The van der Waals surface area contributed by atoms with Crippen LogP contribution in [-0.2, 0) is 6.18 Å². The molecule has 0 saturated carbocycles. The first-order chi connectivity index (χ1) is 9.52. The fourth-order valence-corrected chi connectivity index (χ4v) is 1.74. The molecule has 0 atom stereocenters. The number of para-hydroxylation sites is 1. The van der Waals surface area contributed by atoms with E-state index in [1.165, 1.54) is 18.2 Å². The summed E-state index contributed by atoms with van der Waals surface area (Å²) >= 11 is 0. The number of halogens is 3. The van der Waals surface area contributed by atoms with Crippen molar-refractivity contribution < 1.29 is 13.2 Å². The third-order valence-electron chi connectivity index (χ3n) is 2.62. The van der Waals surface area contributed by atoms with Gasteiger partial charge < -0.3 is 5.43 Å². The van der Waals surface area contributed by atoms with Crippen LogP contribution in [0.2, 0.25) is 0 Å². The predicted molar refractivity (Wildman–Crippen MR) is 71.4 cm³/mol. The minimum absolute atomic E-state index is 0.0378. The highest BCUT2D eigenvalue weighted by Gasteiger charge is 2.34. The molecule has 2 rings (SSSR count). The van der Waals surface area contributed by atoms with E-state index in [9.17, 15) is 13.2 Å². The number of nitrogens with one attached hydrogen (secondary N) is 1. The zero-order chi connectivity index (χ0) is 14.6. The van der Waals surface area contributed by atoms with E-state index in [1.54, 1.807) is 30.3 Å². The lowest BCUT2D eigenvalue weighted by molar-refractivity contribution is -0.137. The molecule has 0 radical (unpaired) electrons. The Balaban J connectivity index is 2.51. The molecule has 104 valence electrons. The molecular weight excluding hydrogens is 267 g/mol. The summed E-state index contributed by atoms with van der Waals surface area (Å²) in [5.41, 5.74) is 1.86. The standard InChI is InChI=1S/C14H12F3N3/c15-14(16,17)12-9-5-4-8-11(12)13(20-18)19-10-6-2-1-3-7-10/h1-9H,18H2,(H,19,20). The van der Waals surface area contributed by atoms with Crippen LogP contribution in [0.4, 0.5) is 18.9 Å². The zero-order valence-corrected chi connectivity index (χ0v) is 10.4. The van der Waals surface area contributed by atoms with Crippen LogP contribution in [0.3, 0.4) is 0 Å². The van der Waals surface area contributed by atoms with Gasteiger partial charge in [-0.05, 0) is 18.2 Å². The molecule has 0 bridgehead atoms. The quantitative estimate of drug-likeness (QED) is 0.384. The third-order valence-corrected chi connectivity index (χ3v) is 2.62. The number of amidine groups is 1. The first kappa shape index (κ1) is 14.1. The minimum atomic E-state index is -4.47. The maximum atomic E-state index is 13.0. The van der Waals surface area contributed by atoms with Crippen molar-refractivity contribution in [1.82, 2.24) is 5.43 Å². The summed E-state index contributed by atoms with van der Waals surface area (Å²) < 4.78 is 38.9. The highest BCUT2D eigenvalue weighted by Crippen LogP contribution is 2.32. The Labute approximate surface area is 113 Å². The monoisotopic (exact) mass is 279 g/mol. The van der Waals surface area contributed by atoms with Gasteiger partial charge in [-0.15, -0.1) is 0 Å². The second kappa shape index (κ2) is 5.75. The third kappa shape index (κ3) is 3.16. The molecule has 0 aliphatic carbocycles. The second-order valence-electron chi connectivity index (χ2n) is 3.98. The molecule has 0 saturated heterocycles. The Morgan fingerprint density at radius 2 is 1.55 bits per heavy atom. The van der Waals surface area contributed by atoms with Gasteiger partial charge in [0.15, 0.2) is 0 Å². The smallest absolute Gasteiger partial charge is 0.308 e. The normalized spacial score (nSPS) is 12.3. The predicted octanol–water partition coefficient (Wildman–Crippen LogP) is 3.25. The summed E-state index contributed by atoms with van der Waals surface area (Å²) in [7, 11) is 0. The Kier molecular flexibility index (Phi) is 4.05. The first-order valence-corrected chi connectivity index (χ1v) is 5.79. The fraction of sp³-hybridized carbons (Fsp3) is 0.0714. The van der Waals surface area contributed by atoms with Gasteiger partial charge in [-0.25, -0.2) is 10.8 Å². The number of aliphatic imine (C=N–C) groups is 1. The summed E-state index contributed by atoms with van der Waals surface area (Å²) in [5, 5.41) is 0.